The largest absolute Gasteiger partial charge is 0.496 e. The number of benzene rings is 1. The zero-order valence-corrected chi connectivity index (χ0v) is 9.34. The van der Waals surface area contributed by atoms with E-state index in [9.17, 15) is 5.11 Å². The van der Waals surface area contributed by atoms with Gasteiger partial charge in [0.25, 0.3) is 0 Å². The molecule has 0 saturated carbocycles. The summed E-state index contributed by atoms with van der Waals surface area (Å²) in [5.41, 5.74) is 1.06. The highest BCUT2D eigenvalue weighted by atomic mass is 79.9. The van der Waals surface area contributed by atoms with E-state index in [4.69, 9.17) is 4.74 Å². The van der Waals surface area contributed by atoms with E-state index in [1.807, 2.05) is 18.2 Å². The second kappa shape index (κ2) is 4.63. The molecule has 0 unspecified atom stereocenters. The second-order valence-electron chi connectivity index (χ2n) is 2.99. The van der Waals surface area contributed by atoms with Crippen molar-refractivity contribution in [1.82, 2.24) is 0 Å². The first-order valence-electron chi connectivity index (χ1n) is 4.14. The van der Waals surface area contributed by atoms with Gasteiger partial charge in [0.15, 0.2) is 0 Å². The van der Waals surface area contributed by atoms with Crippen molar-refractivity contribution in [2.24, 2.45) is 0 Å². The van der Waals surface area contributed by atoms with Crippen LogP contribution in [0.25, 0.3) is 0 Å². The first-order chi connectivity index (χ1) is 6.15. The predicted octanol–water partition coefficient (Wildman–Crippen LogP) is 2.38. The molecule has 0 radical (unpaired) electrons. The quantitative estimate of drug-likeness (QED) is 0.885. The normalized spacial score (nSPS) is 12.6. The molecular formula is C10H13BrO2. The number of aliphatic hydroxyl groups is 1. The van der Waals surface area contributed by atoms with E-state index >= 15 is 0 Å². The topological polar surface area (TPSA) is 29.5 Å². The van der Waals surface area contributed by atoms with E-state index in [1.54, 1.807) is 14.0 Å². The van der Waals surface area contributed by atoms with Crippen LogP contribution in [0.15, 0.2) is 22.7 Å². The summed E-state index contributed by atoms with van der Waals surface area (Å²) in [6.07, 6.45) is 0.307. The monoisotopic (exact) mass is 244 g/mol. The SMILES string of the molecule is COc1cccc(C[C@H](C)O)c1Br. The van der Waals surface area contributed by atoms with Crippen molar-refractivity contribution < 1.29 is 9.84 Å². The highest BCUT2D eigenvalue weighted by molar-refractivity contribution is 9.10. The van der Waals surface area contributed by atoms with Crippen LogP contribution in [0.1, 0.15) is 12.5 Å². The van der Waals surface area contributed by atoms with Gasteiger partial charge < -0.3 is 9.84 Å². The Morgan fingerprint density at radius 3 is 2.77 bits per heavy atom. The van der Waals surface area contributed by atoms with Crippen LogP contribution in [-0.4, -0.2) is 18.3 Å². The first-order valence-corrected chi connectivity index (χ1v) is 4.94. The standard InChI is InChI=1S/C10H13BrO2/c1-7(12)6-8-4-3-5-9(13-2)10(8)11/h3-5,7,12H,6H2,1-2H3/t7-/m0/s1. The molecule has 72 valence electrons. The number of rotatable bonds is 3. The fraction of sp³-hybridized carbons (Fsp3) is 0.400. The van der Waals surface area contributed by atoms with Crippen LogP contribution in [-0.2, 0) is 6.42 Å². The molecule has 0 aliphatic carbocycles. The summed E-state index contributed by atoms with van der Waals surface area (Å²) in [5, 5.41) is 9.23. The number of aliphatic hydroxyl groups excluding tert-OH is 1. The Labute approximate surface area is 86.7 Å². The van der Waals surface area contributed by atoms with Crippen LogP contribution < -0.4 is 4.74 Å². The number of ether oxygens (including phenoxy) is 1. The maximum Gasteiger partial charge on any atom is 0.133 e. The molecule has 0 saturated heterocycles. The predicted molar refractivity (Wildman–Crippen MR) is 56.1 cm³/mol. The maximum atomic E-state index is 9.23. The lowest BCUT2D eigenvalue weighted by Gasteiger charge is -2.09. The van der Waals surface area contributed by atoms with Gasteiger partial charge >= 0.3 is 0 Å². The first kappa shape index (κ1) is 10.5. The molecule has 0 fully saturated rings. The minimum atomic E-state index is -0.330. The lowest BCUT2D eigenvalue weighted by Crippen LogP contribution is -2.05. The molecule has 0 heterocycles. The average molecular weight is 245 g/mol. The molecule has 1 N–H and O–H groups in total. The number of methoxy groups -OCH3 is 1. The van der Waals surface area contributed by atoms with Crippen molar-refractivity contribution in [2.45, 2.75) is 19.4 Å². The Morgan fingerprint density at radius 2 is 2.23 bits per heavy atom. The Hall–Kier alpha value is -0.540. The van der Waals surface area contributed by atoms with Crippen LogP contribution in [0.2, 0.25) is 0 Å². The van der Waals surface area contributed by atoms with Crippen LogP contribution in [0.3, 0.4) is 0 Å². The minimum absolute atomic E-state index is 0.330. The molecule has 1 atom stereocenters. The molecular weight excluding hydrogens is 232 g/mol. The van der Waals surface area contributed by atoms with Gasteiger partial charge in [0.2, 0.25) is 0 Å². The van der Waals surface area contributed by atoms with Crippen LogP contribution >= 0.6 is 15.9 Å². The van der Waals surface area contributed by atoms with E-state index in [1.165, 1.54) is 0 Å². The molecule has 0 aromatic heterocycles. The van der Waals surface area contributed by atoms with Crippen molar-refractivity contribution in [3.8, 4) is 5.75 Å². The van der Waals surface area contributed by atoms with Gasteiger partial charge in [-0.05, 0) is 40.9 Å². The highest BCUT2D eigenvalue weighted by Gasteiger charge is 2.07. The van der Waals surface area contributed by atoms with Gasteiger partial charge in [-0.3, -0.25) is 0 Å². The van der Waals surface area contributed by atoms with Crippen LogP contribution in [0.4, 0.5) is 0 Å². The van der Waals surface area contributed by atoms with Crippen molar-refractivity contribution in [3.63, 3.8) is 0 Å². The van der Waals surface area contributed by atoms with Gasteiger partial charge in [-0.1, -0.05) is 12.1 Å². The molecule has 0 bridgehead atoms. The third kappa shape index (κ3) is 2.71. The number of hydrogen-bond acceptors (Lipinski definition) is 2. The Balaban J connectivity index is 2.94. The summed E-state index contributed by atoms with van der Waals surface area (Å²) < 4.78 is 6.07. The molecule has 1 aromatic carbocycles. The molecule has 0 amide bonds. The summed E-state index contributed by atoms with van der Waals surface area (Å²) in [4.78, 5) is 0. The van der Waals surface area contributed by atoms with Gasteiger partial charge in [-0.25, -0.2) is 0 Å². The minimum Gasteiger partial charge on any atom is -0.496 e. The Bertz CT molecular complexity index is 284. The molecule has 1 rings (SSSR count). The number of hydrogen-bond donors (Lipinski definition) is 1. The van der Waals surface area contributed by atoms with Crippen molar-refractivity contribution in [3.05, 3.63) is 28.2 Å². The maximum absolute atomic E-state index is 9.23. The highest BCUT2D eigenvalue weighted by Crippen LogP contribution is 2.28. The third-order valence-corrected chi connectivity index (χ3v) is 2.68. The Kier molecular flexibility index (Phi) is 3.75. The molecule has 0 spiro atoms. The van der Waals surface area contributed by atoms with Crippen molar-refractivity contribution in [2.75, 3.05) is 7.11 Å². The van der Waals surface area contributed by atoms with Crippen molar-refractivity contribution >= 4 is 15.9 Å². The molecule has 2 nitrogen and oxygen atoms in total. The molecule has 13 heavy (non-hydrogen) atoms. The lowest BCUT2D eigenvalue weighted by molar-refractivity contribution is 0.195. The summed E-state index contributed by atoms with van der Waals surface area (Å²) in [5.74, 6) is 0.804. The number of halogens is 1. The molecule has 3 heteroatoms. The van der Waals surface area contributed by atoms with E-state index in [0.29, 0.717) is 6.42 Å². The zero-order valence-electron chi connectivity index (χ0n) is 7.75. The van der Waals surface area contributed by atoms with Crippen LogP contribution in [0, 0.1) is 0 Å². The van der Waals surface area contributed by atoms with E-state index in [-0.39, 0.29) is 6.10 Å². The van der Waals surface area contributed by atoms with Gasteiger partial charge in [0.05, 0.1) is 17.7 Å². The van der Waals surface area contributed by atoms with E-state index < -0.39 is 0 Å². The van der Waals surface area contributed by atoms with Gasteiger partial charge in [0, 0.05) is 0 Å². The Morgan fingerprint density at radius 1 is 1.54 bits per heavy atom. The molecule has 0 aliphatic heterocycles. The van der Waals surface area contributed by atoms with E-state index in [2.05, 4.69) is 15.9 Å². The average Bonchev–Trinajstić information content (AvgIpc) is 2.08. The summed E-state index contributed by atoms with van der Waals surface area (Å²) in [6.45, 7) is 1.77. The fourth-order valence-electron chi connectivity index (χ4n) is 1.19. The molecule has 1 aromatic rings. The summed E-state index contributed by atoms with van der Waals surface area (Å²) >= 11 is 3.43. The van der Waals surface area contributed by atoms with Gasteiger partial charge in [-0.2, -0.15) is 0 Å². The van der Waals surface area contributed by atoms with Crippen LogP contribution in [0.5, 0.6) is 5.75 Å². The van der Waals surface area contributed by atoms with E-state index in [0.717, 1.165) is 15.8 Å². The zero-order chi connectivity index (χ0) is 9.84. The van der Waals surface area contributed by atoms with Crippen molar-refractivity contribution in [1.29, 1.82) is 0 Å². The van der Waals surface area contributed by atoms with Gasteiger partial charge in [0.1, 0.15) is 5.75 Å². The van der Waals surface area contributed by atoms with Gasteiger partial charge in [-0.15, -0.1) is 0 Å². The third-order valence-electron chi connectivity index (χ3n) is 1.78. The smallest absolute Gasteiger partial charge is 0.133 e. The summed E-state index contributed by atoms with van der Waals surface area (Å²) in [7, 11) is 1.63. The molecule has 0 aliphatic rings. The fourth-order valence-corrected chi connectivity index (χ4v) is 1.78. The lowest BCUT2D eigenvalue weighted by atomic mass is 10.1. The summed E-state index contributed by atoms with van der Waals surface area (Å²) in [6, 6.07) is 5.77. The second-order valence-corrected chi connectivity index (χ2v) is 3.78.